The molecule has 0 spiro atoms. The summed E-state index contributed by atoms with van der Waals surface area (Å²) >= 11 is 0. The van der Waals surface area contributed by atoms with Gasteiger partial charge in [-0.3, -0.25) is 4.79 Å². The molecule has 1 N–H and O–H groups in total. The Balaban J connectivity index is 1.69. The van der Waals surface area contributed by atoms with E-state index in [1.54, 1.807) is 25.7 Å². The smallest absolute Gasteiger partial charge is 0.408 e. The Kier molecular flexibility index (Phi) is 6.80. The van der Waals surface area contributed by atoms with Crippen molar-refractivity contribution in [1.82, 2.24) is 10.2 Å². The van der Waals surface area contributed by atoms with Gasteiger partial charge in [0.1, 0.15) is 24.3 Å². The lowest BCUT2D eigenvalue weighted by Crippen LogP contribution is -2.55. The normalized spacial score (nSPS) is 23.9. The van der Waals surface area contributed by atoms with Gasteiger partial charge in [-0.05, 0) is 52.0 Å². The van der Waals surface area contributed by atoms with Gasteiger partial charge in [-0.15, -0.1) is 0 Å². The van der Waals surface area contributed by atoms with Crippen LogP contribution in [0.4, 0.5) is 4.79 Å². The quantitative estimate of drug-likeness (QED) is 0.603. The Bertz CT molecular complexity index is 800. The molecular weight excluding hydrogens is 384 g/mol. The van der Waals surface area contributed by atoms with E-state index in [0.29, 0.717) is 19.3 Å². The van der Waals surface area contributed by atoms with Crippen molar-refractivity contribution in [3.05, 3.63) is 48.0 Å². The van der Waals surface area contributed by atoms with E-state index in [9.17, 15) is 14.4 Å². The Morgan fingerprint density at radius 1 is 1.10 bits per heavy atom. The first kappa shape index (κ1) is 21.9. The fourth-order valence-electron chi connectivity index (χ4n) is 3.84. The van der Waals surface area contributed by atoms with Crippen LogP contribution in [-0.4, -0.2) is 46.6 Å². The van der Waals surface area contributed by atoms with Gasteiger partial charge in [0.25, 0.3) is 0 Å². The number of carbonyl (C=O) groups excluding carboxylic acids is 3. The van der Waals surface area contributed by atoms with Crippen molar-refractivity contribution in [3.63, 3.8) is 0 Å². The van der Waals surface area contributed by atoms with E-state index in [1.165, 1.54) is 0 Å². The third-order valence-corrected chi connectivity index (χ3v) is 5.19. The van der Waals surface area contributed by atoms with E-state index in [2.05, 4.69) is 5.32 Å². The number of hydrogen-bond donors (Lipinski definition) is 1. The van der Waals surface area contributed by atoms with Crippen LogP contribution in [0.3, 0.4) is 0 Å². The van der Waals surface area contributed by atoms with Gasteiger partial charge < -0.3 is 19.7 Å². The molecule has 1 aromatic carbocycles. The van der Waals surface area contributed by atoms with E-state index >= 15 is 0 Å². The summed E-state index contributed by atoms with van der Waals surface area (Å²) < 4.78 is 10.8. The summed E-state index contributed by atoms with van der Waals surface area (Å²) in [4.78, 5) is 39.9. The van der Waals surface area contributed by atoms with Crippen molar-refractivity contribution >= 4 is 18.0 Å². The average molecular weight is 415 g/mol. The van der Waals surface area contributed by atoms with Gasteiger partial charge in [0.2, 0.25) is 5.91 Å². The number of alkyl carbamates (subject to hydrolysis) is 1. The molecular formula is C23H30N2O5. The molecule has 30 heavy (non-hydrogen) atoms. The maximum Gasteiger partial charge on any atom is 0.408 e. The van der Waals surface area contributed by atoms with Crippen LogP contribution < -0.4 is 5.32 Å². The van der Waals surface area contributed by atoms with Gasteiger partial charge in [0, 0.05) is 6.04 Å². The first-order chi connectivity index (χ1) is 14.2. The van der Waals surface area contributed by atoms with Crippen molar-refractivity contribution in [2.75, 3.05) is 0 Å². The molecule has 1 fully saturated rings. The zero-order valence-corrected chi connectivity index (χ0v) is 17.8. The van der Waals surface area contributed by atoms with Crippen LogP contribution in [-0.2, 0) is 25.7 Å². The predicted octanol–water partition coefficient (Wildman–Crippen LogP) is 3.33. The molecule has 0 radical (unpaired) electrons. The zero-order chi connectivity index (χ0) is 21.7. The summed E-state index contributed by atoms with van der Waals surface area (Å²) in [5.41, 5.74) is 0.233. The summed E-state index contributed by atoms with van der Waals surface area (Å²) in [7, 11) is 0. The van der Waals surface area contributed by atoms with Gasteiger partial charge in [-0.25, -0.2) is 9.59 Å². The van der Waals surface area contributed by atoms with Crippen molar-refractivity contribution in [2.24, 2.45) is 0 Å². The van der Waals surface area contributed by atoms with Crippen LogP contribution in [0.2, 0.25) is 0 Å². The zero-order valence-electron chi connectivity index (χ0n) is 17.8. The van der Waals surface area contributed by atoms with E-state index in [4.69, 9.17) is 9.47 Å². The van der Waals surface area contributed by atoms with Crippen molar-refractivity contribution < 1.29 is 23.9 Å². The number of esters is 1. The third-order valence-electron chi connectivity index (χ3n) is 5.19. The maximum absolute atomic E-state index is 13.3. The molecule has 3 unspecified atom stereocenters. The number of benzene rings is 1. The molecule has 0 bridgehead atoms. The number of nitrogens with zero attached hydrogens (tertiary/aromatic N) is 1. The number of carbonyl (C=O) groups is 3. The highest BCUT2D eigenvalue weighted by Gasteiger charge is 2.44. The minimum atomic E-state index is -0.776. The lowest BCUT2D eigenvalue weighted by molar-refractivity contribution is -0.156. The summed E-state index contributed by atoms with van der Waals surface area (Å²) in [5, 5.41) is 2.67. The highest BCUT2D eigenvalue weighted by molar-refractivity contribution is 5.90. The SMILES string of the molecule is CC(C)(C)OC(=O)NC1CC=CCC2CCC(C(=O)OCc3ccccc3)N2C1=O. The van der Waals surface area contributed by atoms with Gasteiger partial charge >= 0.3 is 12.1 Å². The topological polar surface area (TPSA) is 84.9 Å². The second-order valence-electron chi connectivity index (χ2n) is 8.73. The molecule has 2 heterocycles. The van der Waals surface area contributed by atoms with E-state index < -0.39 is 29.7 Å². The van der Waals surface area contributed by atoms with Crippen LogP contribution in [0.25, 0.3) is 0 Å². The third kappa shape index (κ3) is 5.62. The molecule has 0 saturated carbocycles. The molecule has 7 heteroatoms. The summed E-state index contributed by atoms with van der Waals surface area (Å²) in [6.45, 7) is 5.47. The van der Waals surface area contributed by atoms with E-state index in [-0.39, 0.29) is 18.6 Å². The monoisotopic (exact) mass is 414 g/mol. The lowest BCUT2D eigenvalue weighted by Gasteiger charge is -2.33. The summed E-state index contributed by atoms with van der Waals surface area (Å²) in [6, 6.07) is 7.95. The van der Waals surface area contributed by atoms with Crippen molar-refractivity contribution in [1.29, 1.82) is 0 Å². The predicted molar refractivity (Wildman–Crippen MR) is 111 cm³/mol. The molecule has 3 atom stereocenters. The minimum Gasteiger partial charge on any atom is -0.459 e. The summed E-state index contributed by atoms with van der Waals surface area (Å²) in [5.74, 6) is -0.676. The van der Waals surface area contributed by atoms with E-state index in [0.717, 1.165) is 12.0 Å². The maximum atomic E-state index is 13.3. The molecule has 2 aliphatic heterocycles. The number of hydrogen-bond acceptors (Lipinski definition) is 5. The number of nitrogens with one attached hydrogen (secondary N) is 1. The van der Waals surface area contributed by atoms with Crippen LogP contribution in [0.5, 0.6) is 0 Å². The first-order valence-corrected chi connectivity index (χ1v) is 10.4. The first-order valence-electron chi connectivity index (χ1n) is 10.4. The fourth-order valence-corrected chi connectivity index (χ4v) is 3.84. The minimum absolute atomic E-state index is 0.0775. The Labute approximate surface area is 177 Å². The molecule has 162 valence electrons. The molecule has 7 nitrogen and oxygen atoms in total. The van der Waals surface area contributed by atoms with Gasteiger partial charge in [0.05, 0.1) is 0 Å². The molecule has 1 aromatic rings. The second kappa shape index (κ2) is 9.32. The second-order valence-corrected chi connectivity index (χ2v) is 8.73. The van der Waals surface area contributed by atoms with Crippen molar-refractivity contribution in [3.8, 4) is 0 Å². The Hall–Kier alpha value is -2.83. The number of fused-ring (bicyclic) bond motifs is 1. The van der Waals surface area contributed by atoms with Crippen molar-refractivity contribution in [2.45, 2.75) is 76.8 Å². The molecule has 2 amide bonds. The number of ether oxygens (including phenoxy) is 2. The van der Waals surface area contributed by atoms with Gasteiger partial charge in [0.15, 0.2) is 0 Å². The van der Waals surface area contributed by atoms with Gasteiger partial charge in [-0.1, -0.05) is 42.5 Å². The molecule has 1 saturated heterocycles. The van der Waals surface area contributed by atoms with E-state index in [1.807, 2.05) is 42.5 Å². The highest BCUT2D eigenvalue weighted by Crippen LogP contribution is 2.30. The van der Waals surface area contributed by atoms with Crippen LogP contribution in [0.15, 0.2) is 42.5 Å². The Morgan fingerprint density at radius 2 is 1.80 bits per heavy atom. The van der Waals surface area contributed by atoms with Crippen LogP contribution in [0.1, 0.15) is 52.0 Å². The molecule has 0 aromatic heterocycles. The average Bonchev–Trinajstić information content (AvgIpc) is 3.09. The largest absolute Gasteiger partial charge is 0.459 e. The van der Waals surface area contributed by atoms with Gasteiger partial charge in [-0.2, -0.15) is 0 Å². The molecule has 0 aliphatic carbocycles. The standard InChI is InChI=1S/C23H30N2O5/c1-23(2,3)30-22(28)24-18-12-8-7-11-17-13-14-19(25(17)20(18)26)21(27)29-15-16-9-5-4-6-10-16/h4-10,17-19H,11-15H2,1-3H3,(H,24,28). The lowest BCUT2D eigenvalue weighted by atomic mass is 10.0. The molecule has 2 aliphatic rings. The van der Waals surface area contributed by atoms with Crippen LogP contribution in [0, 0.1) is 0 Å². The summed E-state index contributed by atoms with van der Waals surface area (Å²) in [6.07, 6.45) is 5.58. The fraction of sp³-hybridized carbons (Fsp3) is 0.522. The molecule has 3 rings (SSSR count). The Morgan fingerprint density at radius 3 is 2.50 bits per heavy atom. The number of rotatable bonds is 4. The number of amides is 2. The van der Waals surface area contributed by atoms with Crippen LogP contribution >= 0.6 is 0 Å². The highest BCUT2D eigenvalue weighted by atomic mass is 16.6.